The van der Waals surface area contributed by atoms with Gasteiger partial charge in [0, 0.05) is 35.7 Å². The van der Waals surface area contributed by atoms with Crippen LogP contribution in [0.5, 0.6) is 0 Å². The Hall–Kier alpha value is 0.270. The highest BCUT2D eigenvalue weighted by atomic mass is 32.2. The predicted octanol–water partition coefficient (Wildman–Crippen LogP) is 2.97. The normalized spacial score (nSPS) is 47.2. The average Bonchev–Trinajstić information content (AvgIpc) is 2.37. The molecule has 3 heteroatoms. The zero-order valence-corrected chi connectivity index (χ0v) is 13.3. The maximum absolute atomic E-state index is 6.28. The van der Waals surface area contributed by atoms with Crippen molar-refractivity contribution in [2.45, 2.75) is 63.8 Å². The van der Waals surface area contributed by atoms with Gasteiger partial charge in [-0.05, 0) is 25.2 Å². The fourth-order valence-corrected chi connectivity index (χ4v) is 5.21. The molecule has 0 radical (unpaired) electrons. The van der Waals surface area contributed by atoms with E-state index in [9.17, 15) is 0 Å². The molecule has 0 aromatic carbocycles. The molecule has 106 valence electrons. The Morgan fingerprint density at radius 3 is 2.67 bits per heavy atom. The van der Waals surface area contributed by atoms with E-state index in [4.69, 9.17) is 5.73 Å². The molecule has 1 heterocycles. The molecule has 1 aliphatic carbocycles. The summed E-state index contributed by atoms with van der Waals surface area (Å²) in [5.74, 6) is 2.82. The topological polar surface area (TPSA) is 29.3 Å². The summed E-state index contributed by atoms with van der Waals surface area (Å²) in [5, 5.41) is 0.742. The second-order valence-electron chi connectivity index (χ2n) is 6.48. The first kappa shape index (κ1) is 14.7. The third-order valence-electron chi connectivity index (χ3n) is 5.78. The standard InChI is InChI=1S/C15H30N2S/c1-11-6-5-7-15(10-16,12(11)2)17-8-9-18-14(4)13(17)3/h11-14H,5-10,16H2,1-4H3. The van der Waals surface area contributed by atoms with E-state index >= 15 is 0 Å². The zero-order chi connectivity index (χ0) is 13.3. The minimum atomic E-state index is 0.270. The number of rotatable bonds is 2. The van der Waals surface area contributed by atoms with Crippen molar-refractivity contribution in [3.63, 3.8) is 0 Å². The third kappa shape index (κ3) is 2.34. The highest BCUT2D eigenvalue weighted by Crippen LogP contribution is 2.44. The maximum Gasteiger partial charge on any atom is 0.0363 e. The highest BCUT2D eigenvalue weighted by molar-refractivity contribution is 8.00. The van der Waals surface area contributed by atoms with Crippen LogP contribution < -0.4 is 5.73 Å². The Bertz CT molecular complexity index is 284. The lowest BCUT2D eigenvalue weighted by molar-refractivity contribution is -0.0320. The molecule has 2 nitrogen and oxygen atoms in total. The van der Waals surface area contributed by atoms with Gasteiger partial charge < -0.3 is 5.73 Å². The molecule has 2 rings (SSSR count). The first-order chi connectivity index (χ1) is 8.53. The second kappa shape index (κ2) is 5.72. The van der Waals surface area contributed by atoms with Crippen LogP contribution in [0.25, 0.3) is 0 Å². The van der Waals surface area contributed by atoms with E-state index in [0.717, 1.165) is 23.6 Å². The largest absolute Gasteiger partial charge is 0.329 e. The summed E-state index contributed by atoms with van der Waals surface area (Å²) in [4.78, 5) is 2.77. The summed E-state index contributed by atoms with van der Waals surface area (Å²) in [6, 6.07) is 0.667. The molecule has 18 heavy (non-hydrogen) atoms. The van der Waals surface area contributed by atoms with Crippen LogP contribution in [0.1, 0.15) is 47.0 Å². The van der Waals surface area contributed by atoms with Gasteiger partial charge in [-0.2, -0.15) is 11.8 Å². The molecule has 0 bridgehead atoms. The fraction of sp³-hybridized carbons (Fsp3) is 1.00. The van der Waals surface area contributed by atoms with Gasteiger partial charge in [-0.15, -0.1) is 0 Å². The number of thioether (sulfide) groups is 1. The van der Waals surface area contributed by atoms with Crippen LogP contribution in [0, 0.1) is 11.8 Å². The summed E-state index contributed by atoms with van der Waals surface area (Å²) in [6.45, 7) is 11.7. The summed E-state index contributed by atoms with van der Waals surface area (Å²) in [5.41, 5.74) is 6.55. The van der Waals surface area contributed by atoms with E-state index in [1.54, 1.807) is 0 Å². The molecular weight excluding hydrogens is 240 g/mol. The van der Waals surface area contributed by atoms with Gasteiger partial charge in [0.1, 0.15) is 0 Å². The van der Waals surface area contributed by atoms with Gasteiger partial charge in [0.25, 0.3) is 0 Å². The van der Waals surface area contributed by atoms with Crippen LogP contribution in [0.2, 0.25) is 0 Å². The van der Waals surface area contributed by atoms with Gasteiger partial charge >= 0.3 is 0 Å². The number of nitrogens with two attached hydrogens (primary N) is 1. The van der Waals surface area contributed by atoms with Gasteiger partial charge in [-0.25, -0.2) is 0 Å². The summed E-state index contributed by atoms with van der Waals surface area (Å²) in [7, 11) is 0. The molecule has 0 amide bonds. The Balaban J connectivity index is 2.25. The number of hydrogen-bond donors (Lipinski definition) is 1. The van der Waals surface area contributed by atoms with Gasteiger partial charge in [0.2, 0.25) is 0 Å². The fourth-order valence-electron chi connectivity index (χ4n) is 4.11. The zero-order valence-electron chi connectivity index (χ0n) is 12.5. The lowest BCUT2D eigenvalue weighted by Crippen LogP contribution is -2.66. The summed E-state index contributed by atoms with van der Waals surface area (Å²) in [6.07, 6.45) is 4.04. The molecule has 0 aromatic rings. The van der Waals surface area contributed by atoms with Crippen molar-refractivity contribution in [1.82, 2.24) is 4.90 Å². The maximum atomic E-state index is 6.28. The Kier molecular flexibility index (Phi) is 4.66. The molecule has 0 aromatic heterocycles. The predicted molar refractivity (Wildman–Crippen MR) is 82.1 cm³/mol. The molecule has 1 saturated heterocycles. The molecule has 1 saturated carbocycles. The van der Waals surface area contributed by atoms with Crippen LogP contribution >= 0.6 is 11.8 Å². The van der Waals surface area contributed by atoms with Crippen LogP contribution in [0.4, 0.5) is 0 Å². The van der Waals surface area contributed by atoms with Gasteiger partial charge in [-0.1, -0.05) is 33.6 Å². The lowest BCUT2D eigenvalue weighted by atomic mass is 9.67. The Morgan fingerprint density at radius 2 is 2.00 bits per heavy atom. The van der Waals surface area contributed by atoms with Crippen molar-refractivity contribution in [2.24, 2.45) is 17.6 Å². The molecule has 1 aliphatic heterocycles. The molecule has 2 aliphatic rings. The molecule has 0 spiro atoms. The average molecular weight is 270 g/mol. The Morgan fingerprint density at radius 1 is 1.28 bits per heavy atom. The third-order valence-corrected chi connectivity index (χ3v) is 7.12. The molecule has 2 fully saturated rings. The molecule has 5 atom stereocenters. The minimum absolute atomic E-state index is 0.270. The second-order valence-corrected chi connectivity index (χ2v) is 7.96. The van der Waals surface area contributed by atoms with Gasteiger partial charge in [-0.3, -0.25) is 4.90 Å². The van der Waals surface area contributed by atoms with Crippen molar-refractivity contribution >= 4 is 11.8 Å². The van der Waals surface area contributed by atoms with E-state index in [1.807, 2.05) is 0 Å². The summed E-state index contributed by atoms with van der Waals surface area (Å²) >= 11 is 2.12. The highest BCUT2D eigenvalue weighted by Gasteiger charge is 2.47. The smallest absolute Gasteiger partial charge is 0.0363 e. The van der Waals surface area contributed by atoms with Gasteiger partial charge in [0.05, 0.1) is 0 Å². The summed E-state index contributed by atoms with van der Waals surface area (Å²) < 4.78 is 0. The number of hydrogen-bond acceptors (Lipinski definition) is 3. The van der Waals surface area contributed by atoms with Crippen molar-refractivity contribution in [1.29, 1.82) is 0 Å². The first-order valence-corrected chi connectivity index (χ1v) is 8.66. The van der Waals surface area contributed by atoms with Crippen molar-refractivity contribution in [2.75, 3.05) is 18.8 Å². The van der Waals surface area contributed by atoms with E-state index in [2.05, 4.69) is 44.4 Å². The van der Waals surface area contributed by atoms with E-state index < -0.39 is 0 Å². The molecule has 5 unspecified atom stereocenters. The minimum Gasteiger partial charge on any atom is -0.329 e. The SMILES string of the molecule is CC1CCCC(CN)(N2CCSC(C)C2C)C1C. The van der Waals surface area contributed by atoms with Crippen molar-refractivity contribution in [3.05, 3.63) is 0 Å². The van der Waals surface area contributed by atoms with Crippen LogP contribution in [-0.4, -0.2) is 40.6 Å². The van der Waals surface area contributed by atoms with Gasteiger partial charge in [0.15, 0.2) is 0 Å². The van der Waals surface area contributed by atoms with Crippen LogP contribution in [0.15, 0.2) is 0 Å². The lowest BCUT2D eigenvalue weighted by Gasteiger charge is -2.56. The van der Waals surface area contributed by atoms with Crippen LogP contribution in [0.3, 0.4) is 0 Å². The quantitative estimate of drug-likeness (QED) is 0.836. The van der Waals surface area contributed by atoms with Crippen molar-refractivity contribution in [3.8, 4) is 0 Å². The Labute approximate surface area is 117 Å². The van der Waals surface area contributed by atoms with E-state index in [0.29, 0.717) is 6.04 Å². The monoisotopic (exact) mass is 270 g/mol. The van der Waals surface area contributed by atoms with E-state index in [-0.39, 0.29) is 5.54 Å². The van der Waals surface area contributed by atoms with E-state index in [1.165, 1.54) is 31.6 Å². The molecule has 2 N–H and O–H groups in total. The number of nitrogens with zero attached hydrogens (tertiary/aromatic N) is 1. The molecular formula is C15H30N2S. The van der Waals surface area contributed by atoms with Crippen LogP contribution in [-0.2, 0) is 0 Å². The first-order valence-electron chi connectivity index (χ1n) is 7.61. The van der Waals surface area contributed by atoms with Crippen molar-refractivity contribution < 1.29 is 0 Å².